The second-order valence-electron chi connectivity index (χ2n) is 3.66. The summed E-state index contributed by atoms with van der Waals surface area (Å²) < 4.78 is 0. The van der Waals surface area contributed by atoms with Crippen molar-refractivity contribution in [3.05, 3.63) is 60.5 Å². The molecule has 0 aromatic carbocycles. The van der Waals surface area contributed by atoms with Gasteiger partial charge in [0, 0.05) is 6.20 Å². The lowest BCUT2D eigenvalue weighted by Gasteiger charge is -2.03. The van der Waals surface area contributed by atoms with E-state index in [-0.39, 0.29) is 0 Å². The highest BCUT2D eigenvalue weighted by molar-refractivity contribution is 5.72. The van der Waals surface area contributed by atoms with Gasteiger partial charge in [-0.15, -0.1) is 0 Å². The number of aryl methyl sites for hydroxylation is 1. The molecule has 0 saturated heterocycles. The van der Waals surface area contributed by atoms with Crippen molar-refractivity contribution in [3.63, 3.8) is 0 Å². The van der Waals surface area contributed by atoms with Gasteiger partial charge in [0.15, 0.2) is 0 Å². The lowest BCUT2D eigenvalue weighted by Crippen LogP contribution is -1.90. The standard InChI is InChI=1S/C15H19N/c1-4-7-13-10-11-15(16-12-13)14(8-5-2)9-6-3/h5-6,8-12H,2,4,7H2,1,3H3/b9-6-,14-8+. The summed E-state index contributed by atoms with van der Waals surface area (Å²) in [5.74, 6) is 0. The van der Waals surface area contributed by atoms with Gasteiger partial charge in [-0.1, -0.05) is 50.3 Å². The Morgan fingerprint density at radius 2 is 2.25 bits per heavy atom. The van der Waals surface area contributed by atoms with E-state index < -0.39 is 0 Å². The topological polar surface area (TPSA) is 12.9 Å². The second-order valence-corrected chi connectivity index (χ2v) is 3.66. The molecule has 1 heteroatoms. The first kappa shape index (κ1) is 12.4. The van der Waals surface area contributed by atoms with Gasteiger partial charge in [-0.2, -0.15) is 0 Å². The fraction of sp³-hybridized carbons (Fsp3) is 0.267. The van der Waals surface area contributed by atoms with Crippen molar-refractivity contribution in [1.82, 2.24) is 4.98 Å². The summed E-state index contributed by atoms with van der Waals surface area (Å²) in [6.45, 7) is 7.90. The van der Waals surface area contributed by atoms with Crippen molar-refractivity contribution in [2.24, 2.45) is 0 Å². The van der Waals surface area contributed by atoms with Crippen LogP contribution < -0.4 is 0 Å². The maximum atomic E-state index is 4.47. The maximum Gasteiger partial charge on any atom is 0.0702 e. The number of pyridine rings is 1. The van der Waals surface area contributed by atoms with Gasteiger partial charge < -0.3 is 0 Å². The molecular formula is C15H19N. The molecule has 1 aromatic rings. The highest BCUT2D eigenvalue weighted by Crippen LogP contribution is 2.14. The molecule has 0 aliphatic carbocycles. The van der Waals surface area contributed by atoms with Crippen molar-refractivity contribution < 1.29 is 0 Å². The zero-order valence-corrected chi connectivity index (χ0v) is 10.1. The fourth-order valence-corrected chi connectivity index (χ4v) is 1.56. The number of allylic oxidation sites excluding steroid dienone is 5. The van der Waals surface area contributed by atoms with E-state index in [1.54, 1.807) is 6.08 Å². The van der Waals surface area contributed by atoms with Gasteiger partial charge >= 0.3 is 0 Å². The largest absolute Gasteiger partial charge is 0.256 e. The molecule has 0 aliphatic heterocycles. The summed E-state index contributed by atoms with van der Waals surface area (Å²) in [6, 6.07) is 4.21. The van der Waals surface area contributed by atoms with E-state index in [4.69, 9.17) is 0 Å². The third kappa shape index (κ3) is 3.50. The summed E-state index contributed by atoms with van der Waals surface area (Å²) in [5.41, 5.74) is 3.39. The molecular weight excluding hydrogens is 194 g/mol. The number of rotatable bonds is 5. The molecule has 0 saturated carbocycles. The Hall–Kier alpha value is -1.63. The molecule has 1 heterocycles. The molecule has 0 aliphatic rings. The summed E-state index contributed by atoms with van der Waals surface area (Å²) in [6.07, 6.45) is 12.0. The van der Waals surface area contributed by atoms with Gasteiger partial charge in [0.2, 0.25) is 0 Å². The third-order valence-electron chi connectivity index (χ3n) is 2.30. The Balaban J connectivity index is 2.94. The minimum atomic E-state index is 0.998. The van der Waals surface area contributed by atoms with Crippen molar-refractivity contribution in [2.75, 3.05) is 0 Å². The monoisotopic (exact) mass is 213 g/mol. The molecule has 0 radical (unpaired) electrons. The molecule has 1 rings (SSSR count). The van der Waals surface area contributed by atoms with Crippen LogP contribution in [-0.2, 0) is 6.42 Å². The fourth-order valence-electron chi connectivity index (χ4n) is 1.56. The van der Waals surface area contributed by atoms with Gasteiger partial charge in [0.25, 0.3) is 0 Å². The van der Waals surface area contributed by atoms with Crippen LogP contribution in [0.4, 0.5) is 0 Å². The van der Waals surface area contributed by atoms with Crippen LogP contribution in [0.25, 0.3) is 5.57 Å². The minimum absolute atomic E-state index is 0.998. The molecule has 0 spiro atoms. The molecule has 0 atom stereocenters. The second kappa shape index (κ2) is 6.78. The van der Waals surface area contributed by atoms with Crippen molar-refractivity contribution in [1.29, 1.82) is 0 Å². The van der Waals surface area contributed by atoms with Crippen LogP contribution in [0.1, 0.15) is 31.5 Å². The van der Waals surface area contributed by atoms with Crippen LogP contribution in [-0.4, -0.2) is 4.98 Å². The first-order chi connectivity index (χ1) is 7.81. The highest BCUT2D eigenvalue weighted by atomic mass is 14.7. The van der Waals surface area contributed by atoms with E-state index in [9.17, 15) is 0 Å². The Kier molecular flexibility index (Phi) is 5.27. The number of nitrogens with zero attached hydrogens (tertiary/aromatic N) is 1. The van der Waals surface area contributed by atoms with Crippen LogP contribution in [0.3, 0.4) is 0 Å². The lowest BCUT2D eigenvalue weighted by atomic mass is 10.1. The van der Waals surface area contributed by atoms with Crippen LogP contribution >= 0.6 is 0 Å². The summed E-state index contributed by atoms with van der Waals surface area (Å²) in [4.78, 5) is 4.47. The van der Waals surface area contributed by atoms with E-state index >= 15 is 0 Å². The minimum Gasteiger partial charge on any atom is -0.256 e. The van der Waals surface area contributed by atoms with Crippen molar-refractivity contribution >= 4 is 5.57 Å². The predicted octanol–water partition coefficient (Wildman–Crippen LogP) is 4.18. The zero-order chi connectivity index (χ0) is 11.8. The highest BCUT2D eigenvalue weighted by Gasteiger charge is 1.98. The average molecular weight is 213 g/mol. The van der Waals surface area contributed by atoms with Gasteiger partial charge in [-0.3, -0.25) is 4.98 Å². The molecule has 1 aromatic heterocycles. The molecule has 0 unspecified atom stereocenters. The van der Waals surface area contributed by atoms with Crippen molar-refractivity contribution in [2.45, 2.75) is 26.7 Å². The summed E-state index contributed by atoms with van der Waals surface area (Å²) in [5, 5.41) is 0. The van der Waals surface area contributed by atoms with E-state index in [0.717, 1.165) is 24.1 Å². The lowest BCUT2D eigenvalue weighted by molar-refractivity contribution is 0.913. The molecule has 0 amide bonds. The van der Waals surface area contributed by atoms with Crippen LogP contribution in [0, 0.1) is 0 Å². The third-order valence-corrected chi connectivity index (χ3v) is 2.30. The number of hydrogen-bond donors (Lipinski definition) is 0. The average Bonchev–Trinajstić information content (AvgIpc) is 2.30. The van der Waals surface area contributed by atoms with Crippen LogP contribution in [0.5, 0.6) is 0 Å². The zero-order valence-electron chi connectivity index (χ0n) is 10.1. The van der Waals surface area contributed by atoms with Gasteiger partial charge in [0.1, 0.15) is 0 Å². The summed E-state index contributed by atoms with van der Waals surface area (Å²) in [7, 11) is 0. The molecule has 0 N–H and O–H groups in total. The van der Waals surface area contributed by atoms with Crippen LogP contribution in [0.2, 0.25) is 0 Å². The Morgan fingerprint density at radius 1 is 1.44 bits per heavy atom. The number of hydrogen-bond acceptors (Lipinski definition) is 1. The summed E-state index contributed by atoms with van der Waals surface area (Å²) >= 11 is 0. The molecule has 0 bridgehead atoms. The predicted molar refractivity (Wildman–Crippen MR) is 71.2 cm³/mol. The van der Waals surface area contributed by atoms with E-state index in [1.807, 2.05) is 31.3 Å². The smallest absolute Gasteiger partial charge is 0.0702 e. The van der Waals surface area contributed by atoms with Gasteiger partial charge in [-0.05, 0) is 30.5 Å². The van der Waals surface area contributed by atoms with Crippen LogP contribution in [0.15, 0.2) is 49.2 Å². The SMILES string of the molecule is C=C/C=C(\C=C/C)c1ccc(CCC)cn1. The maximum absolute atomic E-state index is 4.47. The Bertz CT molecular complexity index is 382. The normalized spacial score (nSPS) is 12.0. The van der Waals surface area contributed by atoms with E-state index in [2.05, 4.69) is 30.6 Å². The molecule has 84 valence electrons. The Labute approximate surface area is 98.2 Å². The first-order valence-electron chi connectivity index (χ1n) is 5.72. The molecule has 1 nitrogen and oxygen atoms in total. The molecule has 0 fully saturated rings. The quantitative estimate of drug-likeness (QED) is 0.669. The van der Waals surface area contributed by atoms with Crippen molar-refractivity contribution in [3.8, 4) is 0 Å². The van der Waals surface area contributed by atoms with E-state index in [0.29, 0.717) is 0 Å². The first-order valence-corrected chi connectivity index (χ1v) is 5.72. The number of aromatic nitrogens is 1. The van der Waals surface area contributed by atoms with Gasteiger partial charge in [0.05, 0.1) is 5.69 Å². The molecule has 16 heavy (non-hydrogen) atoms. The van der Waals surface area contributed by atoms with Gasteiger partial charge in [-0.25, -0.2) is 0 Å². The Morgan fingerprint density at radius 3 is 2.75 bits per heavy atom. The van der Waals surface area contributed by atoms with E-state index in [1.165, 1.54) is 5.56 Å².